The molecule has 0 radical (unpaired) electrons. The van der Waals surface area contributed by atoms with Crippen molar-refractivity contribution in [2.75, 3.05) is 11.9 Å². The third kappa shape index (κ3) is 7.43. The number of fused-ring (bicyclic) bond motifs is 1. The molecule has 3 N–H and O–H groups in total. The van der Waals surface area contributed by atoms with Crippen LogP contribution in [0.3, 0.4) is 0 Å². The van der Waals surface area contributed by atoms with Gasteiger partial charge in [-0.15, -0.1) is 0 Å². The SMILES string of the molecule is O=C1CCC(N2Cc3c(NC4(CCCC(F)(F)F)CCC(NCCC(F)(F)F)CC4)cccc3C2=O)C(=O)N1. The van der Waals surface area contributed by atoms with Gasteiger partial charge in [0.25, 0.3) is 5.91 Å². The molecule has 1 aliphatic carbocycles. The third-order valence-corrected chi connectivity index (χ3v) is 7.88. The molecule has 1 saturated heterocycles. The van der Waals surface area contributed by atoms with Crippen molar-refractivity contribution in [1.29, 1.82) is 0 Å². The Labute approximate surface area is 222 Å². The highest BCUT2D eigenvalue weighted by molar-refractivity contribution is 6.06. The molecule has 39 heavy (non-hydrogen) atoms. The number of nitrogens with zero attached hydrogens (tertiary/aromatic N) is 1. The monoisotopic (exact) mass is 562 g/mol. The van der Waals surface area contributed by atoms with E-state index in [1.54, 1.807) is 18.2 Å². The molecular formula is C26H32F6N4O3. The summed E-state index contributed by atoms with van der Waals surface area (Å²) in [5.74, 6) is -1.29. The minimum absolute atomic E-state index is 0.112. The van der Waals surface area contributed by atoms with Gasteiger partial charge >= 0.3 is 12.4 Å². The number of imide groups is 1. The van der Waals surface area contributed by atoms with E-state index >= 15 is 0 Å². The predicted octanol–water partition coefficient (Wildman–Crippen LogP) is 4.82. The van der Waals surface area contributed by atoms with Crippen molar-refractivity contribution in [3.63, 3.8) is 0 Å². The van der Waals surface area contributed by atoms with Crippen LogP contribution in [0.2, 0.25) is 0 Å². The molecule has 3 aliphatic rings. The molecular weight excluding hydrogens is 530 g/mol. The van der Waals surface area contributed by atoms with Crippen LogP contribution in [-0.2, 0) is 16.1 Å². The van der Waals surface area contributed by atoms with Gasteiger partial charge in [0.2, 0.25) is 11.8 Å². The Hall–Kier alpha value is -2.83. The fraction of sp³-hybridized carbons (Fsp3) is 0.654. The fourth-order valence-electron chi connectivity index (χ4n) is 5.85. The molecule has 0 bridgehead atoms. The molecule has 1 aromatic rings. The summed E-state index contributed by atoms with van der Waals surface area (Å²) >= 11 is 0. The molecule has 7 nitrogen and oxygen atoms in total. The molecule has 4 rings (SSSR count). The van der Waals surface area contributed by atoms with Gasteiger partial charge in [-0.25, -0.2) is 0 Å². The second-order valence-electron chi connectivity index (χ2n) is 10.7. The Bertz CT molecular complexity index is 1080. The summed E-state index contributed by atoms with van der Waals surface area (Å²) in [5.41, 5.74) is 0.879. The summed E-state index contributed by atoms with van der Waals surface area (Å²) in [5, 5.41) is 8.61. The van der Waals surface area contributed by atoms with E-state index in [1.807, 2.05) is 0 Å². The third-order valence-electron chi connectivity index (χ3n) is 7.88. The maximum atomic E-state index is 13.2. The molecule has 1 aromatic carbocycles. The summed E-state index contributed by atoms with van der Waals surface area (Å²) in [6, 6.07) is 4.08. The number of piperidine rings is 1. The topological polar surface area (TPSA) is 90.5 Å². The standard InChI is InChI=1S/C26H32F6N4O3/c27-25(28,29)10-2-9-24(11-7-16(8-12-24)33-14-13-26(30,31)32)35-19-4-1-3-17-18(19)15-36(23(17)39)20-5-6-21(37)34-22(20)38/h1,3-4,16,20,33,35H,2,5-15H2,(H,34,37,38). The zero-order chi connectivity index (χ0) is 28.4. The van der Waals surface area contributed by atoms with Gasteiger partial charge in [0, 0.05) is 54.3 Å². The summed E-state index contributed by atoms with van der Waals surface area (Å²) in [4.78, 5) is 38.5. The summed E-state index contributed by atoms with van der Waals surface area (Å²) < 4.78 is 76.4. The minimum Gasteiger partial charge on any atom is -0.379 e. The van der Waals surface area contributed by atoms with Crippen LogP contribution in [0.1, 0.15) is 80.1 Å². The quantitative estimate of drug-likeness (QED) is 0.297. The second-order valence-corrected chi connectivity index (χ2v) is 10.7. The van der Waals surface area contributed by atoms with E-state index in [0.717, 1.165) is 0 Å². The van der Waals surface area contributed by atoms with Gasteiger partial charge in [-0.05, 0) is 57.1 Å². The first-order valence-corrected chi connectivity index (χ1v) is 13.2. The smallest absolute Gasteiger partial charge is 0.379 e. The maximum Gasteiger partial charge on any atom is 0.390 e. The lowest BCUT2D eigenvalue weighted by Crippen LogP contribution is -2.52. The number of nitrogens with one attached hydrogen (secondary N) is 3. The van der Waals surface area contributed by atoms with Crippen LogP contribution in [-0.4, -0.2) is 59.1 Å². The summed E-state index contributed by atoms with van der Waals surface area (Å²) in [6.45, 7) is -0.100. The second kappa shape index (κ2) is 11.3. The maximum absolute atomic E-state index is 13.2. The number of carbonyl (C=O) groups is 3. The Kier molecular flexibility index (Phi) is 8.48. The average Bonchev–Trinajstić information content (AvgIpc) is 3.16. The Morgan fingerprint density at radius 1 is 0.974 bits per heavy atom. The molecule has 1 unspecified atom stereocenters. The normalized spacial score (nSPS) is 26.0. The van der Waals surface area contributed by atoms with Gasteiger partial charge in [0.15, 0.2) is 0 Å². The van der Waals surface area contributed by atoms with Gasteiger partial charge < -0.3 is 15.5 Å². The van der Waals surface area contributed by atoms with Crippen molar-refractivity contribution in [2.45, 2.75) is 101 Å². The van der Waals surface area contributed by atoms with Crippen LogP contribution in [0, 0.1) is 0 Å². The van der Waals surface area contributed by atoms with E-state index in [9.17, 15) is 40.7 Å². The van der Waals surface area contributed by atoms with Crippen molar-refractivity contribution in [1.82, 2.24) is 15.5 Å². The molecule has 1 atom stereocenters. The number of hydrogen-bond donors (Lipinski definition) is 3. The van der Waals surface area contributed by atoms with Gasteiger partial charge in [0.05, 0.1) is 6.42 Å². The van der Waals surface area contributed by atoms with Gasteiger partial charge in [0.1, 0.15) is 6.04 Å². The van der Waals surface area contributed by atoms with E-state index in [0.29, 0.717) is 42.5 Å². The number of anilines is 1. The van der Waals surface area contributed by atoms with Crippen LogP contribution >= 0.6 is 0 Å². The number of alkyl halides is 6. The van der Waals surface area contributed by atoms with Crippen LogP contribution in [0.15, 0.2) is 18.2 Å². The number of rotatable bonds is 9. The number of benzene rings is 1. The highest BCUT2D eigenvalue weighted by Gasteiger charge is 2.42. The van der Waals surface area contributed by atoms with Crippen molar-refractivity contribution < 1.29 is 40.7 Å². The van der Waals surface area contributed by atoms with Crippen LogP contribution in [0.25, 0.3) is 0 Å². The first-order chi connectivity index (χ1) is 18.3. The predicted molar refractivity (Wildman–Crippen MR) is 130 cm³/mol. The molecule has 0 spiro atoms. The first-order valence-electron chi connectivity index (χ1n) is 13.2. The van der Waals surface area contributed by atoms with Gasteiger partial charge in [-0.1, -0.05) is 6.07 Å². The van der Waals surface area contributed by atoms with Crippen LogP contribution in [0.5, 0.6) is 0 Å². The lowest BCUT2D eigenvalue weighted by atomic mass is 9.75. The van der Waals surface area contributed by atoms with E-state index in [-0.39, 0.29) is 50.7 Å². The number of halogens is 6. The molecule has 3 amide bonds. The van der Waals surface area contributed by atoms with E-state index in [4.69, 9.17) is 0 Å². The Morgan fingerprint density at radius 2 is 1.67 bits per heavy atom. The first kappa shape index (κ1) is 29.2. The molecule has 2 heterocycles. The molecule has 2 aliphatic heterocycles. The lowest BCUT2D eigenvalue weighted by molar-refractivity contribution is -0.137. The lowest BCUT2D eigenvalue weighted by Gasteiger charge is -2.42. The van der Waals surface area contributed by atoms with Crippen LogP contribution < -0.4 is 16.0 Å². The molecule has 0 aromatic heterocycles. The zero-order valence-electron chi connectivity index (χ0n) is 21.3. The highest BCUT2D eigenvalue weighted by Crippen LogP contribution is 2.40. The van der Waals surface area contributed by atoms with E-state index < -0.39 is 48.6 Å². The van der Waals surface area contributed by atoms with Gasteiger partial charge in [-0.3, -0.25) is 19.7 Å². The Morgan fingerprint density at radius 3 is 2.31 bits per heavy atom. The van der Waals surface area contributed by atoms with Crippen molar-refractivity contribution in [3.05, 3.63) is 29.3 Å². The van der Waals surface area contributed by atoms with Crippen molar-refractivity contribution in [2.24, 2.45) is 0 Å². The van der Waals surface area contributed by atoms with Gasteiger partial charge in [-0.2, -0.15) is 26.3 Å². The minimum atomic E-state index is -4.31. The van der Waals surface area contributed by atoms with Crippen LogP contribution in [0.4, 0.5) is 32.0 Å². The number of amides is 3. The Balaban J connectivity index is 1.48. The fourth-order valence-corrected chi connectivity index (χ4v) is 5.85. The van der Waals surface area contributed by atoms with E-state index in [2.05, 4.69) is 16.0 Å². The van der Waals surface area contributed by atoms with Crippen molar-refractivity contribution >= 4 is 23.4 Å². The van der Waals surface area contributed by atoms with Crippen molar-refractivity contribution in [3.8, 4) is 0 Å². The molecule has 2 fully saturated rings. The summed E-state index contributed by atoms with van der Waals surface area (Å²) in [7, 11) is 0. The largest absolute Gasteiger partial charge is 0.390 e. The zero-order valence-corrected chi connectivity index (χ0v) is 21.3. The molecule has 13 heteroatoms. The molecule has 1 saturated carbocycles. The van der Waals surface area contributed by atoms with E-state index in [1.165, 1.54) is 4.90 Å². The summed E-state index contributed by atoms with van der Waals surface area (Å²) in [6.07, 6.45) is -8.18. The average molecular weight is 563 g/mol. The number of hydrogen-bond acceptors (Lipinski definition) is 5. The number of carbonyl (C=O) groups excluding carboxylic acids is 3. The highest BCUT2D eigenvalue weighted by atomic mass is 19.4. The molecule has 216 valence electrons.